The third kappa shape index (κ3) is 11.9. The fourth-order valence-electron chi connectivity index (χ4n) is 4.01. The molecule has 34 heavy (non-hydrogen) atoms. The molecule has 0 aliphatic heterocycles. The maximum Gasteiger partial charge on any atom is 0.159 e. The molecular formula is C29H44F2N2O. The lowest BCUT2D eigenvalue weighted by molar-refractivity contribution is 0.184. The Bertz CT molecular complexity index is 752. The van der Waals surface area contributed by atoms with Crippen molar-refractivity contribution in [1.29, 1.82) is 0 Å². The number of ether oxygens (including phenoxy) is 1. The van der Waals surface area contributed by atoms with Crippen LogP contribution in [0.15, 0.2) is 36.7 Å². The zero-order valence-electron chi connectivity index (χ0n) is 21.3. The van der Waals surface area contributed by atoms with Crippen LogP contribution in [-0.2, 0) is 6.42 Å². The van der Waals surface area contributed by atoms with E-state index in [9.17, 15) is 8.78 Å². The van der Waals surface area contributed by atoms with Gasteiger partial charge in [-0.2, -0.15) is 0 Å². The summed E-state index contributed by atoms with van der Waals surface area (Å²) in [5.74, 6) is 1.27. The van der Waals surface area contributed by atoms with Crippen molar-refractivity contribution in [2.45, 2.75) is 116 Å². The van der Waals surface area contributed by atoms with Gasteiger partial charge >= 0.3 is 0 Å². The molecule has 0 saturated heterocycles. The number of halogens is 2. The number of hydrogen-bond acceptors (Lipinski definition) is 3. The SMILES string of the molecule is CCCCCCCC[C@H](F)COc1ccc(-c2ncc(CC[C@@H](F)CCCCCC)cn2)cc1. The molecule has 0 aliphatic carbocycles. The first-order valence-corrected chi connectivity index (χ1v) is 13.4. The monoisotopic (exact) mass is 474 g/mol. The Hall–Kier alpha value is -2.04. The van der Waals surface area contributed by atoms with Crippen molar-refractivity contribution >= 4 is 0 Å². The lowest BCUT2D eigenvalue weighted by Crippen LogP contribution is -2.12. The molecule has 0 spiro atoms. The molecule has 1 heterocycles. The molecule has 190 valence electrons. The summed E-state index contributed by atoms with van der Waals surface area (Å²) < 4.78 is 33.8. The van der Waals surface area contributed by atoms with Gasteiger partial charge in [0.25, 0.3) is 0 Å². The highest BCUT2D eigenvalue weighted by Crippen LogP contribution is 2.21. The molecule has 2 aromatic rings. The predicted molar refractivity (Wildman–Crippen MR) is 138 cm³/mol. The molecule has 5 heteroatoms. The normalized spacial score (nSPS) is 13.1. The molecule has 2 atom stereocenters. The van der Waals surface area contributed by atoms with E-state index in [0.29, 0.717) is 37.3 Å². The number of rotatable bonds is 19. The Labute approximate surface area is 205 Å². The predicted octanol–water partition coefficient (Wildman–Crippen LogP) is 8.85. The molecule has 2 rings (SSSR count). The summed E-state index contributed by atoms with van der Waals surface area (Å²) in [5.41, 5.74) is 1.83. The summed E-state index contributed by atoms with van der Waals surface area (Å²) in [6.07, 6.45) is 15.7. The van der Waals surface area contributed by atoms with Crippen LogP contribution in [-0.4, -0.2) is 28.9 Å². The largest absolute Gasteiger partial charge is 0.491 e. The van der Waals surface area contributed by atoms with E-state index in [4.69, 9.17) is 4.74 Å². The minimum absolute atomic E-state index is 0.0909. The highest BCUT2D eigenvalue weighted by atomic mass is 19.1. The van der Waals surface area contributed by atoms with Gasteiger partial charge in [-0.15, -0.1) is 0 Å². The van der Waals surface area contributed by atoms with Gasteiger partial charge in [-0.1, -0.05) is 78.1 Å². The first-order valence-electron chi connectivity index (χ1n) is 13.4. The van der Waals surface area contributed by atoms with Crippen molar-refractivity contribution in [1.82, 2.24) is 9.97 Å². The molecule has 0 amide bonds. The molecule has 1 aromatic heterocycles. The Kier molecular flexibility index (Phi) is 14.4. The van der Waals surface area contributed by atoms with Crippen LogP contribution < -0.4 is 4.74 Å². The molecule has 0 N–H and O–H groups in total. The van der Waals surface area contributed by atoms with Crippen LogP contribution in [0.3, 0.4) is 0 Å². The van der Waals surface area contributed by atoms with Crippen LogP contribution in [0, 0.1) is 0 Å². The molecule has 0 fully saturated rings. The molecule has 0 radical (unpaired) electrons. The Morgan fingerprint density at radius 2 is 1.26 bits per heavy atom. The van der Waals surface area contributed by atoms with E-state index in [1.165, 1.54) is 38.5 Å². The lowest BCUT2D eigenvalue weighted by Gasteiger charge is -2.11. The van der Waals surface area contributed by atoms with Crippen molar-refractivity contribution in [3.05, 3.63) is 42.2 Å². The molecule has 1 aromatic carbocycles. The number of unbranched alkanes of at least 4 members (excludes halogenated alkanes) is 8. The molecule has 0 unspecified atom stereocenters. The van der Waals surface area contributed by atoms with Gasteiger partial charge in [0.1, 0.15) is 24.7 Å². The van der Waals surface area contributed by atoms with Crippen LogP contribution in [0.5, 0.6) is 5.75 Å². The van der Waals surface area contributed by atoms with Crippen molar-refractivity contribution in [3.8, 4) is 17.1 Å². The Balaban J connectivity index is 1.68. The maximum absolute atomic E-state index is 14.1. The second-order valence-electron chi connectivity index (χ2n) is 9.39. The van der Waals surface area contributed by atoms with Gasteiger partial charge in [0.15, 0.2) is 5.82 Å². The second-order valence-corrected chi connectivity index (χ2v) is 9.39. The van der Waals surface area contributed by atoms with Crippen LogP contribution in [0.4, 0.5) is 8.78 Å². The van der Waals surface area contributed by atoms with E-state index in [2.05, 4.69) is 23.8 Å². The molecule has 3 nitrogen and oxygen atoms in total. The standard InChI is InChI=1S/C29H44F2N2O/c1-3-5-7-9-10-12-14-27(31)23-34-28-19-16-25(17-20-28)29-32-21-24(22-33-29)15-18-26(30)13-11-8-6-4-2/h16-17,19-22,26-27H,3-15,18,23H2,1-2H3/t26-,27-/m0/s1. The van der Waals surface area contributed by atoms with E-state index in [0.717, 1.165) is 36.8 Å². The number of aromatic nitrogens is 2. The van der Waals surface area contributed by atoms with E-state index >= 15 is 0 Å². The van der Waals surface area contributed by atoms with E-state index in [1.807, 2.05) is 24.3 Å². The Morgan fingerprint density at radius 1 is 0.706 bits per heavy atom. The number of nitrogens with zero attached hydrogens (tertiary/aromatic N) is 2. The molecular weight excluding hydrogens is 430 g/mol. The van der Waals surface area contributed by atoms with E-state index in [-0.39, 0.29) is 6.61 Å². The highest BCUT2D eigenvalue weighted by Gasteiger charge is 2.10. The van der Waals surface area contributed by atoms with Crippen molar-refractivity contribution < 1.29 is 13.5 Å². The van der Waals surface area contributed by atoms with Crippen molar-refractivity contribution in [2.24, 2.45) is 0 Å². The summed E-state index contributed by atoms with van der Waals surface area (Å²) in [5, 5.41) is 0. The topological polar surface area (TPSA) is 35.0 Å². The fourth-order valence-corrected chi connectivity index (χ4v) is 4.01. The number of aryl methyl sites for hydroxylation is 1. The van der Waals surface area contributed by atoms with Gasteiger partial charge in [0.2, 0.25) is 0 Å². The fraction of sp³-hybridized carbons (Fsp3) is 0.655. The van der Waals surface area contributed by atoms with Gasteiger partial charge < -0.3 is 4.74 Å². The highest BCUT2D eigenvalue weighted by molar-refractivity contribution is 5.55. The Morgan fingerprint density at radius 3 is 1.91 bits per heavy atom. The van der Waals surface area contributed by atoms with Crippen molar-refractivity contribution in [3.63, 3.8) is 0 Å². The number of benzene rings is 1. The van der Waals surface area contributed by atoms with E-state index < -0.39 is 12.3 Å². The summed E-state index contributed by atoms with van der Waals surface area (Å²) in [6, 6.07) is 7.44. The third-order valence-corrected chi connectivity index (χ3v) is 6.24. The first kappa shape index (κ1) is 28.2. The van der Waals surface area contributed by atoms with Gasteiger partial charge in [-0.05, 0) is 55.5 Å². The van der Waals surface area contributed by atoms with Gasteiger partial charge in [0, 0.05) is 18.0 Å². The maximum atomic E-state index is 14.1. The summed E-state index contributed by atoms with van der Waals surface area (Å²) in [4.78, 5) is 8.89. The van der Waals surface area contributed by atoms with Gasteiger partial charge in [-0.3, -0.25) is 0 Å². The van der Waals surface area contributed by atoms with Crippen LogP contribution >= 0.6 is 0 Å². The minimum Gasteiger partial charge on any atom is -0.491 e. The van der Waals surface area contributed by atoms with Gasteiger partial charge in [-0.25, -0.2) is 18.7 Å². The molecule has 0 bridgehead atoms. The van der Waals surface area contributed by atoms with Crippen LogP contribution in [0.2, 0.25) is 0 Å². The second kappa shape index (κ2) is 17.4. The van der Waals surface area contributed by atoms with Crippen molar-refractivity contribution in [2.75, 3.05) is 6.61 Å². The molecule has 0 saturated carbocycles. The smallest absolute Gasteiger partial charge is 0.159 e. The molecule has 0 aliphatic rings. The number of hydrogen-bond donors (Lipinski definition) is 0. The quantitative estimate of drug-likeness (QED) is 0.191. The third-order valence-electron chi connectivity index (χ3n) is 6.24. The zero-order valence-corrected chi connectivity index (χ0v) is 21.3. The zero-order chi connectivity index (χ0) is 24.4. The average molecular weight is 475 g/mol. The van der Waals surface area contributed by atoms with E-state index in [1.54, 1.807) is 12.4 Å². The van der Waals surface area contributed by atoms with Crippen LogP contribution in [0.25, 0.3) is 11.4 Å². The number of alkyl halides is 2. The minimum atomic E-state index is -0.929. The first-order chi connectivity index (χ1) is 16.6. The summed E-state index contributed by atoms with van der Waals surface area (Å²) in [6.45, 7) is 4.46. The van der Waals surface area contributed by atoms with Gasteiger partial charge in [0.05, 0.1) is 0 Å². The summed E-state index contributed by atoms with van der Waals surface area (Å²) in [7, 11) is 0. The summed E-state index contributed by atoms with van der Waals surface area (Å²) >= 11 is 0. The lowest BCUT2D eigenvalue weighted by atomic mass is 10.0. The average Bonchev–Trinajstić information content (AvgIpc) is 2.87. The van der Waals surface area contributed by atoms with Crippen LogP contribution in [0.1, 0.15) is 103 Å².